The van der Waals surface area contributed by atoms with Crippen LogP contribution in [-0.2, 0) is 9.53 Å². The molecule has 0 bridgehead atoms. The van der Waals surface area contributed by atoms with Crippen molar-refractivity contribution in [2.24, 2.45) is 0 Å². The van der Waals surface area contributed by atoms with Crippen LogP contribution in [0, 0.1) is 0 Å². The Bertz CT molecular complexity index is 195. The molecule has 4 nitrogen and oxygen atoms in total. The normalized spacial score (nSPS) is 23.1. The highest BCUT2D eigenvalue weighted by molar-refractivity contribution is 8.13. The van der Waals surface area contributed by atoms with Crippen LogP contribution in [0.15, 0.2) is 0 Å². The number of nitrogens with one attached hydrogen (secondary N) is 1. The fourth-order valence-corrected chi connectivity index (χ4v) is 1.71. The molecule has 1 heterocycles. The molecular formula is C7H11NO3S. The van der Waals surface area contributed by atoms with E-state index >= 15 is 0 Å². The lowest BCUT2D eigenvalue weighted by atomic mass is 10.2. The van der Waals surface area contributed by atoms with Gasteiger partial charge >= 0.3 is 5.97 Å². The Labute approximate surface area is 75.0 Å². The topological polar surface area (TPSA) is 55.4 Å². The summed E-state index contributed by atoms with van der Waals surface area (Å²) in [6, 6.07) is -0.432. The van der Waals surface area contributed by atoms with Gasteiger partial charge in [0.05, 0.1) is 6.61 Å². The fourth-order valence-electron chi connectivity index (χ4n) is 0.945. The van der Waals surface area contributed by atoms with Gasteiger partial charge in [-0.3, -0.25) is 4.79 Å². The van der Waals surface area contributed by atoms with Crippen molar-refractivity contribution in [1.82, 2.24) is 5.32 Å². The predicted molar refractivity (Wildman–Crippen MR) is 46.0 cm³/mol. The van der Waals surface area contributed by atoms with Crippen LogP contribution >= 0.6 is 11.8 Å². The molecule has 0 aromatic rings. The van der Waals surface area contributed by atoms with Crippen LogP contribution in [0.5, 0.6) is 0 Å². The first-order chi connectivity index (χ1) is 5.74. The Morgan fingerprint density at radius 3 is 3.17 bits per heavy atom. The second-order valence-corrected chi connectivity index (χ2v) is 3.44. The molecule has 0 saturated carbocycles. The van der Waals surface area contributed by atoms with Crippen molar-refractivity contribution in [3.8, 4) is 0 Å². The summed E-state index contributed by atoms with van der Waals surface area (Å²) in [6.07, 6.45) is 0.662. The summed E-state index contributed by atoms with van der Waals surface area (Å²) in [5.74, 6) is 0.362. The largest absolute Gasteiger partial charge is 0.464 e. The molecule has 12 heavy (non-hydrogen) atoms. The van der Waals surface area contributed by atoms with Gasteiger partial charge in [0.2, 0.25) is 0 Å². The second-order valence-electron chi connectivity index (χ2n) is 2.37. The maximum Gasteiger partial charge on any atom is 0.328 e. The molecule has 0 aliphatic carbocycles. The summed E-state index contributed by atoms with van der Waals surface area (Å²) in [5, 5.41) is 2.41. The zero-order valence-corrected chi connectivity index (χ0v) is 7.65. The van der Waals surface area contributed by atoms with E-state index in [0.29, 0.717) is 18.8 Å². The molecule has 1 N–H and O–H groups in total. The first-order valence-electron chi connectivity index (χ1n) is 3.84. The van der Waals surface area contributed by atoms with E-state index in [1.807, 2.05) is 0 Å². The molecule has 1 saturated heterocycles. The lowest BCUT2D eigenvalue weighted by molar-refractivity contribution is -0.145. The molecular weight excluding hydrogens is 178 g/mol. The quantitative estimate of drug-likeness (QED) is 0.652. The number of hydrogen-bond acceptors (Lipinski definition) is 4. The van der Waals surface area contributed by atoms with Crippen LogP contribution in [0.3, 0.4) is 0 Å². The molecule has 5 heteroatoms. The Hall–Kier alpha value is -0.710. The maximum atomic E-state index is 11.1. The van der Waals surface area contributed by atoms with Gasteiger partial charge in [-0.2, -0.15) is 0 Å². The predicted octanol–water partition coefficient (Wildman–Crippen LogP) is 0.765. The molecule has 0 radical (unpaired) electrons. The van der Waals surface area contributed by atoms with Gasteiger partial charge in [-0.1, -0.05) is 11.8 Å². The summed E-state index contributed by atoms with van der Waals surface area (Å²) in [6.45, 7) is 2.11. The number of thioether (sulfide) groups is 1. The number of rotatable bonds is 2. The molecule has 0 spiro atoms. The third kappa shape index (κ3) is 2.41. The molecule has 1 fully saturated rings. The van der Waals surface area contributed by atoms with Crippen LogP contribution in [0.25, 0.3) is 0 Å². The Morgan fingerprint density at radius 2 is 2.58 bits per heavy atom. The molecule has 1 rings (SSSR count). The summed E-state index contributed by atoms with van der Waals surface area (Å²) >= 11 is 1.20. The molecule has 1 aliphatic rings. The first kappa shape index (κ1) is 9.38. The number of esters is 1. The SMILES string of the molecule is CCOC(=O)[C@@H]1CCSC(=O)N1. The lowest BCUT2D eigenvalue weighted by Gasteiger charge is -2.20. The van der Waals surface area contributed by atoms with Crippen molar-refractivity contribution in [2.75, 3.05) is 12.4 Å². The standard InChI is InChI=1S/C7H11NO3S/c1-2-11-6(9)5-3-4-12-7(10)8-5/h5H,2-4H2,1H3,(H,8,10)/t5-/m0/s1. The van der Waals surface area contributed by atoms with E-state index in [0.717, 1.165) is 0 Å². The molecule has 1 aliphatic heterocycles. The average Bonchev–Trinajstić information content (AvgIpc) is 2.05. The molecule has 1 amide bonds. The zero-order chi connectivity index (χ0) is 8.97. The molecule has 68 valence electrons. The van der Waals surface area contributed by atoms with E-state index in [1.54, 1.807) is 6.92 Å². The molecule has 0 aromatic heterocycles. The van der Waals surface area contributed by atoms with Crippen molar-refractivity contribution in [1.29, 1.82) is 0 Å². The van der Waals surface area contributed by atoms with Crippen molar-refractivity contribution in [3.05, 3.63) is 0 Å². The van der Waals surface area contributed by atoms with Gasteiger partial charge in [0.25, 0.3) is 5.24 Å². The van der Waals surface area contributed by atoms with Gasteiger partial charge in [-0.05, 0) is 13.3 Å². The van der Waals surface area contributed by atoms with E-state index < -0.39 is 6.04 Å². The lowest BCUT2D eigenvalue weighted by Crippen LogP contribution is -2.43. The van der Waals surface area contributed by atoms with Crippen LogP contribution in [-0.4, -0.2) is 29.6 Å². The Kier molecular flexibility index (Phi) is 3.40. The van der Waals surface area contributed by atoms with Crippen molar-refractivity contribution in [2.45, 2.75) is 19.4 Å². The minimum atomic E-state index is -0.432. The summed E-state index contributed by atoms with van der Waals surface area (Å²) in [5.41, 5.74) is 0. The Morgan fingerprint density at radius 1 is 1.83 bits per heavy atom. The van der Waals surface area contributed by atoms with E-state index in [4.69, 9.17) is 4.74 Å². The third-order valence-corrected chi connectivity index (χ3v) is 2.32. The van der Waals surface area contributed by atoms with Gasteiger partial charge in [0, 0.05) is 5.75 Å². The highest BCUT2D eigenvalue weighted by atomic mass is 32.2. The fraction of sp³-hybridized carbons (Fsp3) is 0.714. The summed E-state index contributed by atoms with van der Waals surface area (Å²) in [4.78, 5) is 21.9. The van der Waals surface area contributed by atoms with Crippen molar-refractivity contribution in [3.63, 3.8) is 0 Å². The van der Waals surface area contributed by atoms with Gasteiger partial charge in [0.15, 0.2) is 0 Å². The third-order valence-electron chi connectivity index (χ3n) is 1.50. The van der Waals surface area contributed by atoms with Gasteiger partial charge in [-0.15, -0.1) is 0 Å². The van der Waals surface area contributed by atoms with E-state index in [-0.39, 0.29) is 11.2 Å². The molecule has 0 aromatic carbocycles. The molecule has 1 atom stereocenters. The van der Waals surface area contributed by atoms with E-state index in [1.165, 1.54) is 11.8 Å². The summed E-state index contributed by atoms with van der Waals surface area (Å²) < 4.78 is 4.77. The van der Waals surface area contributed by atoms with E-state index in [2.05, 4.69) is 5.32 Å². The van der Waals surface area contributed by atoms with Crippen LogP contribution in [0.4, 0.5) is 4.79 Å². The molecule has 0 unspecified atom stereocenters. The number of amides is 1. The Balaban J connectivity index is 2.40. The van der Waals surface area contributed by atoms with E-state index in [9.17, 15) is 9.59 Å². The maximum absolute atomic E-state index is 11.1. The first-order valence-corrected chi connectivity index (χ1v) is 4.82. The highest BCUT2D eigenvalue weighted by Gasteiger charge is 2.25. The van der Waals surface area contributed by atoms with Crippen LogP contribution < -0.4 is 5.32 Å². The summed E-state index contributed by atoms with van der Waals surface area (Å²) in [7, 11) is 0. The van der Waals surface area contributed by atoms with Crippen LogP contribution in [0.2, 0.25) is 0 Å². The van der Waals surface area contributed by atoms with Gasteiger partial charge < -0.3 is 10.1 Å². The number of carbonyl (C=O) groups excluding carboxylic acids is 2. The highest BCUT2D eigenvalue weighted by Crippen LogP contribution is 2.13. The van der Waals surface area contributed by atoms with Gasteiger partial charge in [-0.25, -0.2) is 4.79 Å². The minimum absolute atomic E-state index is 0.140. The minimum Gasteiger partial charge on any atom is -0.464 e. The van der Waals surface area contributed by atoms with Crippen molar-refractivity contribution < 1.29 is 14.3 Å². The van der Waals surface area contributed by atoms with Gasteiger partial charge in [0.1, 0.15) is 6.04 Å². The number of carbonyl (C=O) groups is 2. The van der Waals surface area contributed by atoms with Crippen molar-refractivity contribution >= 4 is 23.0 Å². The van der Waals surface area contributed by atoms with Crippen LogP contribution in [0.1, 0.15) is 13.3 Å². The number of ether oxygens (including phenoxy) is 1. The zero-order valence-electron chi connectivity index (χ0n) is 6.83. The average molecular weight is 189 g/mol. The number of hydrogen-bond donors (Lipinski definition) is 1. The monoisotopic (exact) mass is 189 g/mol. The second kappa shape index (κ2) is 4.35. The smallest absolute Gasteiger partial charge is 0.328 e.